The smallest absolute Gasteiger partial charge is 0.136 e. The van der Waals surface area contributed by atoms with E-state index in [0.29, 0.717) is 0 Å². The largest absolute Gasteiger partial charge is 0.456 e. The van der Waals surface area contributed by atoms with Crippen molar-refractivity contribution in [2.45, 2.75) is 0 Å². The molecule has 0 bridgehead atoms. The normalized spacial score (nSPS) is 12.0. The molecule has 0 aliphatic carbocycles. The number of furan rings is 1. The standard InChI is InChI=1S/C58H34OS/c1-2-15-35(16-3-1)54-40-18-4-6-20-42(40)56(43-21-7-5-19-41(43)54)37-29-31-38-50-33-36(30-32-51(50)59-52(38)34-37)55-44-22-8-10-24-46(44)57(47-25-11-9-23-45(47)55)49-27-14-26-48-39-17-12-13-28-53(39)60-58(48)49/h1-34H. The summed E-state index contributed by atoms with van der Waals surface area (Å²) in [5.74, 6) is 0. The van der Waals surface area contributed by atoms with Crippen LogP contribution in [-0.2, 0) is 0 Å². The fraction of sp³-hybridized carbons (Fsp3) is 0. The second-order valence-corrected chi connectivity index (χ2v) is 16.9. The molecular weight excluding hydrogens is 745 g/mol. The van der Waals surface area contributed by atoms with Crippen molar-refractivity contribution in [3.05, 3.63) is 206 Å². The minimum atomic E-state index is 0.890. The predicted molar refractivity (Wildman–Crippen MR) is 258 cm³/mol. The topological polar surface area (TPSA) is 13.1 Å². The Morgan fingerprint density at radius 2 is 0.733 bits per heavy atom. The second kappa shape index (κ2) is 13.0. The highest BCUT2D eigenvalue weighted by Gasteiger charge is 2.21. The molecule has 0 atom stereocenters. The highest BCUT2D eigenvalue weighted by molar-refractivity contribution is 7.26. The first-order valence-electron chi connectivity index (χ1n) is 20.6. The molecule has 1 nitrogen and oxygen atoms in total. The summed E-state index contributed by atoms with van der Waals surface area (Å²) in [5, 5.41) is 14.9. The number of benzene rings is 11. The van der Waals surface area contributed by atoms with Crippen molar-refractivity contribution >= 4 is 96.5 Å². The Kier molecular flexibility index (Phi) is 7.24. The average Bonchev–Trinajstić information content (AvgIpc) is 3.88. The van der Waals surface area contributed by atoms with Crippen LogP contribution in [0.15, 0.2) is 211 Å². The number of fused-ring (bicyclic) bond motifs is 10. The Bertz CT molecular complexity index is 3770. The van der Waals surface area contributed by atoms with Gasteiger partial charge in [0.05, 0.1) is 0 Å². The summed E-state index contributed by atoms with van der Waals surface area (Å²) in [5.41, 5.74) is 11.7. The van der Waals surface area contributed by atoms with Gasteiger partial charge in [-0.2, -0.15) is 0 Å². The van der Waals surface area contributed by atoms with Gasteiger partial charge in [-0.25, -0.2) is 0 Å². The van der Waals surface area contributed by atoms with E-state index in [0.717, 1.165) is 27.5 Å². The number of rotatable bonds is 4. The number of hydrogen-bond acceptors (Lipinski definition) is 2. The minimum absolute atomic E-state index is 0.890. The quantitative estimate of drug-likeness (QED) is 0.162. The molecule has 0 amide bonds. The van der Waals surface area contributed by atoms with Crippen molar-refractivity contribution in [3.8, 4) is 44.5 Å². The molecule has 2 aromatic heterocycles. The van der Waals surface area contributed by atoms with E-state index in [9.17, 15) is 0 Å². The van der Waals surface area contributed by atoms with Crippen molar-refractivity contribution in [3.63, 3.8) is 0 Å². The molecule has 0 spiro atoms. The van der Waals surface area contributed by atoms with Crippen LogP contribution in [0, 0.1) is 0 Å². The molecule has 0 radical (unpaired) electrons. The molecule has 11 aromatic carbocycles. The van der Waals surface area contributed by atoms with Crippen molar-refractivity contribution in [1.29, 1.82) is 0 Å². The third-order valence-electron chi connectivity index (χ3n) is 12.6. The summed E-state index contributed by atoms with van der Waals surface area (Å²) in [7, 11) is 0. The number of hydrogen-bond donors (Lipinski definition) is 0. The van der Waals surface area contributed by atoms with Gasteiger partial charge in [0.2, 0.25) is 0 Å². The van der Waals surface area contributed by atoms with Crippen LogP contribution in [0.1, 0.15) is 0 Å². The molecule has 13 rings (SSSR count). The van der Waals surface area contributed by atoms with Gasteiger partial charge in [0.1, 0.15) is 11.2 Å². The van der Waals surface area contributed by atoms with Gasteiger partial charge in [-0.1, -0.05) is 176 Å². The van der Waals surface area contributed by atoms with Crippen LogP contribution in [0.25, 0.3) is 130 Å². The summed E-state index contributed by atoms with van der Waals surface area (Å²) in [6.45, 7) is 0. The zero-order valence-electron chi connectivity index (χ0n) is 32.4. The van der Waals surface area contributed by atoms with Gasteiger partial charge in [-0.15, -0.1) is 11.3 Å². The highest BCUT2D eigenvalue weighted by Crippen LogP contribution is 2.49. The van der Waals surface area contributed by atoms with Gasteiger partial charge in [-0.3, -0.25) is 0 Å². The number of thiophene rings is 1. The maximum Gasteiger partial charge on any atom is 0.136 e. The van der Waals surface area contributed by atoms with E-state index in [2.05, 4.69) is 206 Å². The molecule has 0 saturated carbocycles. The molecule has 0 aliphatic heterocycles. The summed E-state index contributed by atoms with van der Waals surface area (Å²) >= 11 is 1.89. The van der Waals surface area contributed by atoms with Crippen LogP contribution >= 0.6 is 11.3 Å². The molecule has 0 unspecified atom stereocenters. The van der Waals surface area contributed by atoms with Crippen molar-refractivity contribution < 1.29 is 4.42 Å². The Balaban J connectivity index is 1.01. The summed E-state index contributed by atoms with van der Waals surface area (Å²) < 4.78 is 9.40. The lowest BCUT2D eigenvalue weighted by molar-refractivity contribution is 0.669. The van der Waals surface area contributed by atoms with Crippen LogP contribution < -0.4 is 0 Å². The Morgan fingerprint density at radius 1 is 0.267 bits per heavy atom. The van der Waals surface area contributed by atoms with E-state index in [4.69, 9.17) is 4.42 Å². The molecule has 0 aliphatic rings. The van der Waals surface area contributed by atoms with Crippen LogP contribution in [0.3, 0.4) is 0 Å². The fourth-order valence-electron chi connectivity index (χ4n) is 10.1. The SMILES string of the molecule is c1ccc(-c2c3ccccc3c(-c3ccc4c(c3)oc3ccc(-c5c6ccccc6c(-c6cccc7c6sc6ccccc67)c6ccccc56)cc34)c3ccccc23)cc1. The van der Waals surface area contributed by atoms with Gasteiger partial charge >= 0.3 is 0 Å². The molecule has 13 aromatic rings. The Labute approximate surface area is 350 Å². The molecule has 2 heterocycles. The predicted octanol–water partition coefficient (Wildman–Crippen LogP) is 17.2. The van der Waals surface area contributed by atoms with Crippen molar-refractivity contribution in [1.82, 2.24) is 0 Å². The molecule has 278 valence electrons. The van der Waals surface area contributed by atoms with E-state index in [1.54, 1.807) is 0 Å². The van der Waals surface area contributed by atoms with Crippen molar-refractivity contribution in [2.24, 2.45) is 0 Å². The van der Waals surface area contributed by atoms with Crippen LogP contribution in [0.5, 0.6) is 0 Å². The van der Waals surface area contributed by atoms with E-state index in [1.165, 1.54) is 102 Å². The monoisotopic (exact) mass is 778 g/mol. The maximum atomic E-state index is 6.74. The highest BCUT2D eigenvalue weighted by atomic mass is 32.1. The van der Waals surface area contributed by atoms with Gasteiger partial charge in [0.15, 0.2) is 0 Å². The van der Waals surface area contributed by atoms with E-state index >= 15 is 0 Å². The Hall–Kier alpha value is -7.52. The summed E-state index contributed by atoms with van der Waals surface area (Å²) in [6, 6.07) is 75.5. The fourth-order valence-corrected chi connectivity index (χ4v) is 11.3. The molecular formula is C58H34OS. The third-order valence-corrected chi connectivity index (χ3v) is 13.9. The summed E-state index contributed by atoms with van der Waals surface area (Å²) in [6.07, 6.45) is 0. The lowest BCUT2D eigenvalue weighted by Crippen LogP contribution is -1.91. The first kappa shape index (κ1) is 33.5. The van der Waals surface area contributed by atoms with E-state index in [1.807, 2.05) is 11.3 Å². The van der Waals surface area contributed by atoms with Crippen LogP contribution in [-0.4, -0.2) is 0 Å². The lowest BCUT2D eigenvalue weighted by atomic mass is 9.85. The zero-order chi connectivity index (χ0) is 39.3. The molecule has 2 heteroatoms. The summed E-state index contributed by atoms with van der Waals surface area (Å²) in [4.78, 5) is 0. The lowest BCUT2D eigenvalue weighted by Gasteiger charge is -2.18. The molecule has 0 N–H and O–H groups in total. The first-order chi connectivity index (χ1) is 29.8. The second-order valence-electron chi connectivity index (χ2n) is 15.9. The van der Waals surface area contributed by atoms with Gasteiger partial charge in [0, 0.05) is 36.5 Å². The first-order valence-corrected chi connectivity index (χ1v) is 21.4. The van der Waals surface area contributed by atoms with Gasteiger partial charge in [0.25, 0.3) is 0 Å². The molecule has 60 heavy (non-hydrogen) atoms. The van der Waals surface area contributed by atoms with E-state index in [-0.39, 0.29) is 0 Å². The zero-order valence-corrected chi connectivity index (χ0v) is 33.3. The Morgan fingerprint density at radius 3 is 1.33 bits per heavy atom. The molecule has 0 saturated heterocycles. The van der Waals surface area contributed by atoms with Gasteiger partial charge in [-0.05, 0) is 112 Å². The molecule has 0 fully saturated rings. The minimum Gasteiger partial charge on any atom is -0.456 e. The van der Waals surface area contributed by atoms with Gasteiger partial charge < -0.3 is 4.42 Å². The maximum absolute atomic E-state index is 6.74. The van der Waals surface area contributed by atoms with Crippen molar-refractivity contribution in [2.75, 3.05) is 0 Å². The third kappa shape index (κ3) is 4.86. The van der Waals surface area contributed by atoms with E-state index < -0.39 is 0 Å². The van der Waals surface area contributed by atoms with Crippen LogP contribution in [0.4, 0.5) is 0 Å². The van der Waals surface area contributed by atoms with Crippen LogP contribution in [0.2, 0.25) is 0 Å². The average molecular weight is 779 g/mol.